The molecule has 4 rings (SSSR count). The molecule has 18 heavy (non-hydrogen) atoms. The minimum Gasteiger partial charge on any atom is -0.339 e. The third-order valence-electron chi connectivity index (χ3n) is 3.44. The van der Waals surface area contributed by atoms with Crippen molar-refractivity contribution in [2.45, 2.75) is 6.92 Å². The number of benzene rings is 1. The maximum absolute atomic E-state index is 4.66. The molecule has 1 aromatic carbocycles. The van der Waals surface area contributed by atoms with Gasteiger partial charge in [0, 0.05) is 22.5 Å². The monoisotopic (exact) mass is 233 g/mol. The highest BCUT2D eigenvalue weighted by Gasteiger charge is 2.11. The van der Waals surface area contributed by atoms with Crippen LogP contribution in [0.2, 0.25) is 0 Å². The van der Waals surface area contributed by atoms with E-state index in [9.17, 15) is 0 Å². The average molecular weight is 233 g/mol. The first-order valence-electron chi connectivity index (χ1n) is 5.96. The molecule has 0 saturated heterocycles. The summed E-state index contributed by atoms with van der Waals surface area (Å²) in [6, 6.07) is 12.2. The van der Waals surface area contributed by atoms with Crippen LogP contribution in [0.25, 0.3) is 33.0 Å². The van der Waals surface area contributed by atoms with Crippen LogP contribution in [0.3, 0.4) is 0 Å². The van der Waals surface area contributed by atoms with Gasteiger partial charge in [-0.25, -0.2) is 4.98 Å². The second-order valence-corrected chi connectivity index (χ2v) is 4.50. The molecule has 3 heterocycles. The number of nitrogens with zero attached hydrogens (tertiary/aromatic N) is 2. The number of para-hydroxylation sites is 1. The number of aryl methyl sites for hydroxylation is 1. The minimum absolute atomic E-state index is 0.939. The van der Waals surface area contributed by atoms with Crippen molar-refractivity contribution in [2.24, 2.45) is 0 Å². The van der Waals surface area contributed by atoms with Crippen LogP contribution >= 0.6 is 0 Å². The Kier molecular flexibility index (Phi) is 1.75. The molecule has 0 unspecified atom stereocenters. The van der Waals surface area contributed by atoms with Crippen molar-refractivity contribution >= 4 is 33.0 Å². The normalized spacial score (nSPS) is 11.6. The van der Waals surface area contributed by atoms with Crippen LogP contribution in [0.4, 0.5) is 0 Å². The predicted octanol–water partition coefficient (Wildman–Crippen LogP) is 3.57. The predicted molar refractivity (Wildman–Crippen MR) is 73.6 cm³/mol. The van der Waals surface area contributed by atoms with Crippen LogP contribution in [0.1, 0.15) is 5.56 Å². The number of pyridine rings is 2. The van der Waals surface area contributed by atoms with Crippen molar-refractivity contribution in [3.05, 3.63) is 48.2 Å². The van der Waals surface area contributed by atoms with E-state index in [-0.39, 0.29) is 0 Å². The molecule has 0 amide bonds. The summed E-state index contributed by atoms with van der Waals surface area (Å²) in [5.74, 6) is 0. The number of fused-ring (bicyclic) bond motifs is 4. The lowest BCUT2D eigenvalue weighted by molar-refractivity contribution is 1.32. The van der Waals surface area contributed by atoms with Gasteiger partial charge in [0.2, 0.25) is 0 Å². The fourth-order valence-electron chi connectivity index (χ4n) is 2.61. The molecule has 0 fully saturated rings. The summed E-state index contributed by atoms with van der Waals surface area (Å²) in [4.78, 5) is 12.5. The highest BCUT2D eigenvalue weighted by molar-refractivity contribution is 6.11. The molecule has 1 N–H and O–H groups in total. The zero-order chi connectivity index (χ0) is 12.1. The summed E-state index contributed by atoms with van der Waals surface area (Å²) >= 11 is 0. The Morgan fingerprint density at radius 1 is 1.06 bits per heavy atom. The van der Waals surface area contributed by atoms with Gasteiger partial charge in [-0.15, -0.1) is 0 Å². The Bertz CT molecular complexity index is 890. The molecule has 4 aromatic rings. The summed E-state index contributed by atoms with van der Waals surface area (Å²) in [6.45, 7) is 2.11. The van der Waals surface area contributed by atoms with Crippen molar-refractivity contribution in [3.63, 3.8) is 0 Å². The Balaban J connectivity index is 2.34. The molecule has 0 spiro atoms. The van der Waals surface area contributed by atoms with E-state index >= 15 is 0 Å². The fourth-order valence-corrected chi connectivity index (χ4v) is 2.61. The smallest absolute Gasteiger partial charge is 0.139 e. The van der Waals surface area contributed by atoms with Crippen molar-refractivity contribution in [1.29, 1.82) is 0 Å². The van der Waals surface area contributed by atoms with Crippen molar-refractivity contribution in [3.8, 4) is 0 Å². The lowest BCUT2D eigenvalue weighted by atomic mass is 10.1. The van der Waals surface area contributed by atoms with Crippen LogP contribution in [0.5, 0.6) is 0 Å². The molecule has 0 aliphatic heterocycles. The number of hydrogen-bond donors (Lipinski definition) is 1. The van der Waals surface area contributed by atoms with Crippen LogP contribution in [0.15, 0.2) is 42.6 Å². The molecule has 0 aliphatic rings. The highest BCUT2D eigenvalue weighted by atomic mass is 14.9. The van der Waals surface area contributed by atoms with Gasteiger partial charge in [0.1, 0.15) is 5.65 Å². The van der Waals surface area contributed by atoms with Gasteiger partial charge in [-0.2, -0.15) is 0 Å². The van der Waals surface area contributed by atoms with Gasteiger partial charge in [0.25, 0.3) is 0 Å². The topological polar surface area (TPSA) is 41.6 Å². The van der Waals surface area contributed by atoms with Crippen molar-refractivity contribution in [2.75, 3.05) is 0 Å². The number of rotatable bonds is 0. The second-order valence-electron chi connectivity index (χ2n) is 4.50. The first-order chi connectivity index (χ1) is 8.84. The van der Waals surface area contributed by atoms with E-state index in [0.29, 0.717) is 0 Å². The van der Waals surface area contributed by atoms with Crippen molar-refractivity contribution < 1.29 is 0 Å². The molecular formula is C15H11N3. The first kappa shape index (κ1) is 9.59. The zero-order valence-electron chi connectivity index (χ0n) is 9.94. The maximum atomic E-state index is 4.66. The number of aromatic nitrogens is 3. The van der Waals surface area contributed by atoms with Gasteiger partial charge in [0.05, 0.1) is 11.0 Å². The molecular weight excluding hydrogens is 222 g/mol. The van der Waals surface area contributed by atoms with Gasteiger partial charge in [-0.1, -0.05) is 18.2 Å². The average Bonchev–Trinajstić information content (AvgIpc) is 2.77. The molecule has 3 nitrogen and oxygen atoms in total. The van der Waals surface area contributed by atoms with Gasteiger partial charge in [-0.05, 0) is 30.7 Å². The Hall–Kier alpha value is -2.42. The number of nitrogens with one attached hydrogen (secondary N) is 1. The fraction of sp³-hybridized carbons (Fsp3) is 0.0667. The van der Waals surface area contributed by atoms with Crippen LogP contribution < -0.4 is 0 Å². The van der Waals surface area contributed by atoms with E-state index in [1.54, 1.807) is 0 Å². The first-order valence-corrected chi connectivity index (χ1v) is 5.96. The van der Waals surface area contributed by atoms with E-state index in [0.717, 1.165) is 22.2 Å². The van der Waals surface area contributed by atoms with Crippen LogP contribution in [0, 0.1) is 6.92 Å². The molecule has 3 heteroatoms. The number of H-pyrrole nitrogens is 1. The third-order valence-corrected chi connectivity index (χ3v) is 3.44. The number of hydrogen-bond acceptors (Lipinski definition) is 2. The second kappa shape index (κ2) is 3.29. The standard InChI is InChI=1S/C15H11N3/c1-9-13-10-5-2-3-6-11(10)17-15(13)18-12-7-4-8-16-14(9)12/h2-8H,1H3,(H,17,18). The molecule has 0 atom stereocenters. The SMILES string of the molecule is Cc1c2ncccc2nc2[nH]c3ccccc3c12. The molecule has 0 saturated carbocycles. The van der Waals surface area contributed by atoms with Crippen LogP contribution in [-0.4, -0.2) is 15.0 Å². The summed E-state index contributed by atoms with van der Waals surface area (Å²) in [5, 5.41) is 2.39. The van der Waals surface area contributed by atoms with Gasteiger partial charge in [-0.3, -0.25) is 4.98 Å². The minimum atomic E-state index is 0.939. The maximum Gasteiger partial charge on any atom is 0.139 e. The Morgan fingerprint density at radius 2 is 1.94 bits per heavy atom. The molecule has 86 valence electrons. The van der Waals surface area contributed by atoms with E-state index < -0.39 is 0 Å². The van der Waals surface area contributed by atoms with E-state index in [2.05, 4.69) is 40.1 Å². The Morgan fingerprint density at radius 3 is 2.89 bits per heavy atom. The summed E-state index contributed by atoms with van der Waals surface area (Å²) < 4.78 is 0. The summed E-state index contributed by atoms with van der Waals surface area (Å²) in [6.07, 6.45) is 1.82. The largest absolute Gasteiger partial charge is 0.339 e. The van der Waals surface area contributed by atoms with E-state index in [1.165, 1.54) is 16.3 Å². The lowest BCUT2D eigenvalue weighted by Crippen LogP contribution is -1.88. The Labute approximate surface area is 103 Å². The van der Waals surface area contributed by atoms with Gasteiger partial charge in [0.15, 0.2) is 0 Å². The highest BCUT2D eigenvalue weighted by Crippen LogP contribution is 2.30. The number of aromatic amines is 1. The quantitative estimate of drug-likeness (QED) is 0.504. The molecule has 3 aromatic heterocycles. The van der Waals surface area contributed by atoms with Gasteiger partial charge >= 0.3 is 0 Å². The summed E-state index contributed by atoms with van der Waals surface area (Å²) in [7, 11) is 0. The van der Waals surface area contributed by atoms with Gasteiger partial charge < -0.3 is 4.98 Å². The molecule has 0 radical (unpaired) electrons. The zero-order valence-corrected chi connectivity index (χ0v) is 9.94. The van der Waals surface area contributed by atoms with E-state index in [4.69, 9.17) is 0 Å². The lowest BCUT2D eigenvalue weighted by Gasteiger charge is -2.02. The molecule has 0 aliphatic carbocycles. The van der Waals surface area contributed by atoms with Crippen molar-refractivity contribution in [1.82, 2.24) is 15.0 Å². The third kappa shape index (κ3) is 1.13. The van der Waals surface area contributed by atoms with E-state index in [1.807, 2.05) is 24.4 Å². The van der Waals surface area contributed by atoms with Crippen LogP contribution in [-0.2, 0) is 0 Å². The molecule has 0 bridgehead atoms. The summed E-state index contributed by atoms with van der Waals surface area (Å²) in [5.41, 5.74) is 5.17.